The van der Waals surface area contributed by atoms with Gasteiger partial charge < -0.3 is 9.64 Å². The minimum Gasteiger partial charge on any atom is -0.360 e. The smallest absolute Gasteiger partial charge is 0.161 e. The van der Waals surface area contributed by atoms with Gasteiger partial charge in [0.2, 0.25) is 0 Å². The number of aromatic nitrogens is 2. The lowest BCUT2D eigenvalue weighted by atomic mass is 10.3. The molecule has 1 aromatic rings. The van der Waals surface area contributed by atoms with Crippen LogP contribution >= 0.6 is 0 Å². The highest BCUT2D eigenvalue weighted by Gasteiger charge is 2.21. The molecule has 1 saturated heterocycles. The molecule has 0 N–H and O–H groups in total. The molecule has 1 atom stereocenters. The number of nitrogens with zero attached hydrogens (tertiary/aromatic N) is 4. The van der Waals surface area contributed by atoms with Gasteiger partial charge in [-0.05, 0) is 13.8 Å². The average Bonchev–Trinajstić information content (AvgIpc) is 2.28. The lowest BCUT2D eigenvalue weighted by molar-refractivity contribution is 0.0761. The molecule has 0 bridgehead atoms. The van der Waals surface area contributed by atoms with Crippen molar-refractivity contribution in [1.29, 1.82) is 5.26 Å². The molecule has 1 aliphatic heterocycles. The zero-order chi connectivity index (χ0) is 11.5. The molecule has 1 fully saturated rings. The van der Waals surface area contributed by atoms with Crippen LogP contribution in [0.5, 0.6) is 0 Å². The Balaban J connectivity index is 2.20. The summed E-state index contributed by atoms with van der Waals surface area (Å²) in [6.07, 6.45) is -0.357. The molecule has 0 radical (unpaired) electrons. The number of anilines is 1. The van der Waals surface area contributed by atoms with Crippen LogP contribution in [0.1, 0.15) is 11.5 Å². The maximum atomic E-state index is 8.83. The predicted octanol–water partition coefficient (Wildman–Crippen LogP) is 0.822. The van der Waals surface area contributed by atoms with Crippen LogP contribution in [0, 0.1) is 25.2 Å². The number of nitriles is 1. The lowest BCUT2D eigenvalue weighted by Gasteiger charge is -2.30. The third-order valence-electron chi connectivity index (χ3n) is 2.49. The zero-order valence-electron chi connectivity index (χ0n) is 9.47. The van der Waals surface area contributed by atoms with E-state index in [1.807, 2.05) is 19.9 Å². The molecule has 16 heavy (non-hydrogen) atoms. The Labute approximate surface area is 94.7 Å². The van der Waals surface area contributed by atoms with Gasteiger partial charge in [0.05, 0.1) is 19.2 Å². The van der Waals surface area contributed by atoms with Crippen LogP contribution in [0.25, 0.3) is 0 Å². The highest BCUT2D eigenvalue weighted by molar-refractivity contribution is 5.40. The summed E-state index contributed by atoms with van der Waals surface area (Å²) in [6.45, 7) is 5.74. The van der Waals surface area contributed by atoms with Gasteiger partial charge in [0.15, 0.2) is 6.10 Å². The molecule has 0 amide bonds. The average molecular weight is 218 g/mol. The maximum Gasteiger partial charge on any atom is 0.161 e. The molecule has 0 aliphatic carbocycles. The highest BCUT2D eigenvalue weighted by atomic mass is 16.5. The standard InChI is InChI=1S/C11H14N4O/c1-8-5-11(14-9(2)13-8)15-3-4-16-10(6-12)7-15/h5,10H,3-4,7H2,1-2H3. The largest absolute Gasteiger partial charge is 0.360 e. The summed E-state index contributed by atoms with van der Waals surface area (Å²) in [7, 11) is 0. The van der Waals surface area contributed by atoms with Crippen molar-refractivity contribution < 1.29 is 4.74 Å². The van der Waals surface area contributed by atoms with E-state index in [-0.39, 0.29) is 6.10 Å². The van der Waals surface area contributed by atoms with E-state index < -0.39 is 0 Å². The minimum absolute atomic E-state index is 0.357. The van der Waals surface area contributed by atoms with Crippen molar-refractivity contribution in [2.75, 3.05) is 24.6 Å². The van der Waals surface area contributed by atoms with E-state index in [2.05, 4.69) is 20.9 Å². The molecule has 1 aliphatic rings. The van der Waals surface area contributed by atoms with Crippen LogP contribution in [-0.4, -0.2) is 35.8 Å². The van der Waals surface area contributed by atoms with Crippen LogP contribution in [-0.2, 0) is 4.74 Å². The molecule has 5 nitrogen and oxygen atoms in total. The van der Waals surface area contributed by atoms with E-state index in [1.54, 1.807) is 0 Å². The van der Waals surface area contributed by atoms with Gasteiger partial charge in [-0.2, -0.15) is 5.26 Å². The number of morpholine rings is 1. The normalized spacial score (nSPS) is 20.6. The van der Waals surface area contributed by atoms with Crippen molar-refractivity contribution >= 4 is 5.82 Å². The first-order chi connectivity index (χ1) is 7.69. The van der Waals surface area contributed by atoms with E-state index in [4.69, 9.17) is 10.00 Å². The van der Waals surface area contributed by atoms with Gasteiger partial charge in [0.25, 0.3) is 0 Å². The van der Waals surface area contributed by atoms with Gasteiger partial charge in [0.1, 0.15) is 11.6 Å². The number of rotatable bonds is 1. The summed E-state index contributed by atoms with van der Waals surface area (Å²) < 4.78 is 5.29. The Kier molecular flexibility index (Phi) is 3.02. The third kappa shape index (κ3) is 2.28. The van der Waals surface area contributed by atoms with Crippen molar-refractivity contribution in [2.45, 2.75) is 20.0 Å². The topological polar surface area (TPSA) is 62.0 Å². The Hall–Kier alpha value is -1.67. The first kappa shape index (κ1) is 10.8. The van der Waals surface area contributed by atoms with Gasteiger partial charge in [-0.15, -0.1) is 0 Å². The molecule has 2 rings (SSSR count). The van der Waals surface area contributed by atoms with Gasteiger partial charge in [-0.25, -0.2) is 9.97 Å². The third-order valence-corrected chi connectivity index (χ3v) is 2.49. The summed E-state index contributed by atoms with van der Waals surface area (Å²) in [5, 5.41) is 8.83. The number of ether oxygens (including phenoxy) is 1. The number of hydrogen-bond donors (Lipinski definition) is 0. The molecule has 2 heterocycles. The van der Waals surface area contributed by atoms with E-state index in [1.165, 1.54) is 0 Å². The Morgan fingerprint density at radius 2 is 2.31 bits per heavy atom. The van der Waals surface area contributed by atoms with Gasteiger partial charge >= 0.3 is 0 Å². The van der Waals surface area contributed by atoms with E-state index >= 15 is 0 Å². The molecule has 0 aromatic carbocycles. The van der Waals surface area contributed by atoms with E-state index in [9.17, 15) is 0 Å². The molecular weight excluding hydrogens is 204 g/mol. The molecule has 1 unspecified atom stereocenters. The van der Waals surface area contributed by atoms with Crippen molar-refractivity contribution in [3.05, 3.63) is 17.6 Å². The van der Waals surface area contributed by atoms with E-state index in [0.29, 0.717) is 13.2 Å². The molecule has 1 aromatic heterocycles. The molecule has 0 saturated carbocycles. The van der Waals surface area contributed by atoms with Crippen molar-refractivity contribution in [2.24, 2.45) is 0 Å². The minimum atomic E-state index is -0.357. The second kappa shape index (κ2) is 4.45. The molecule has 84 valence electrons. The maximum absolute atomic E-state index is 8.83. The quantitative estimate of drug-likeness (QED) is 0.698. The Bertz CT molecular complexity index is 406. The van der Waals surface area contributed by atoms with Crippen LogP contribution < -0.4 is 4.90 Å². The molecule has 5 heteroatoms. The summed E-state index contributed by atoms with van der Waals surface area (Å²) in [4.78, 5) is 10.7. The number of aryl methyl sites for hydroxylation is 2. The van der Waals surface area contributed by atoms with Crippen molar-refractivity contribution in [1.82, 2.24) is 9.97 Å². The van der Waals surface area contributed by atoms with Crippen molar-refractivity contribution in [3.8, 4) is 6.07 Å². The fourth-order valence-corrected chi connectivity index (χ4v) is 1.79. The van der Waals surface area contributed by atoms with Gasteiger partial charge in [0, 0.05) is 18.3 Å². The Morgan fingerprint density at radius 1 is 1.50 bits per heavy atom. The summed E-state index contributed by atoms with van der Waals surface area (Å²) in [6, 6.07) is 4.06. The van der Waals surface area contributed by atoms with Crippen molar-refractivity contribution in [3.63, 3.8) is 0 Å². The summed E-state index contributed by atoms with van der Waals surface area (Å²) in [5.41, 5.74) is 0.947. The highest BCUT2D eigenvalue weighted by Crippen LogP contribution is 2.15. The second-order valence-electron chi connectivity index (χ2n) is 3.85. The second-order valence-corrected chi connectivity index (χ2v) is 3.85. The monoisotopic (exact) mass is 218 g/mol. The molecule has 0 spiro atoms. The van der Waals surface area contributed by atoms with E-state index in [0.717, 1.165) is 23.9 Å². The van der Waals surface area contributed by atoms with Crippen LogP contribution in [0.15, 0.2) is 6.07 Å². The summed E-state index contributed by atoms with van der Waals surface area (Å²) in [5.74, 6) is 1.64. The molecular formula is C11H14N4O. The fraction of sp³-hybridized carbons (Fsp3) is 0.545. The zero-order valence-corrected chi connectivity index (χ0v) is 9.47. The van der Waals surface area contributed by atoms with Crippen LogP contribution in [0.4, 0.5) is 5.82 Å². The lowest BCUT2D eigenvalue weighted by Crippen LogP contribution is -2.42. The predicted molar refractivity (Wildman–Crippen MR) is 59.1 cm³/mol. The van der Waals surface area contributed by atoms with Gasteiger partial charge in [-0.1, -0.05) is 0 Å². The fourth-order valence-electron chi connectivity index (χ4n) is 1.79. The van der Waals surface area contributed by atoms with Crippen LogP contribution in [0.3, 0.4) is 0 Å². The SMILES string of the molecule is Cc1cc(N2CCOC(C#N)C2)nc(C)n1. The first-order valence-electron chi connectivity index (χ1n) is 5.27. The Morgan fingerprint density at radius 3 is 3.00 bits per heavy atom. The van der Waals surface area contributed by atoms with Gasteiger partial charge in [-0.3, -0.25) is 0 Å². The van der Waals surface area contributed by atoms with Crippen LogP contribution in [0.2, 0.25) is 0 Å². The number of hydrogen-bond acceptors (Lipinski definition) is 5. The first-order valence-corrected chi connectivity index (χ1v) is 5.27. The summed E-state index contributed by atoms with van der Waals surface area (Å²) >= 11 is 0.